The van der Waals surface area contributed by atoms with Gasteiger partial charge < -0.3 is 4.74 Å². The van der Waals surface area contributed by atoms with Crippen LogP contribution in [0.4, 0.5) is 0 Å². The molecule has 0 bridgehead atoms. The highest BCUT2D eigenvalue weighted by molar-refractivity contribution is 9.10. The summed E-state index contributed by atoms with van der Waals surface area (Å²) in [6, 6.07) is 4.59. The Morgan fingerprint density at radius 3 is 2.39 bits per heavy atom. The van der Waals surface area contributed by atoms with Gasteiger partial charge in [-0.25, -0.2) is 0 Å². The van der Waals surface area contributed by atoms with Gasteiger partial charge in [-0.15, -0.1) is 0 Å². The Labute approximate surface area is 119 Å². The van der Waals surface area contributed by atoms with E-state index in [2.05, 4.69) is 55.8 Å². The molecular weight excluding hydrogens is 288 g/mol. The fourth-order valence-corrected chi connectivity index (χ4v) is 3.44. The van der Waals surface area contributed by atoms with Gasteiger partial charge in [0, 0.05) is 4.47 Å². The largest absolute Gasteiger partial charge is 0.370 e. The van der Waals surface area contributed by atoms with Gasteiger partial charge in [0.15, 0.2) is 0 Å². The Balaban J connectivity index is 2.14. The Bertz CT molecular complexity index is 427. The lowest BCUT2D eigenvalue weighted by Gasteiger charge is -2.18. The highest BCUT2D eigenvalue weighted by Crippen LogP contribution is 2.39. The van der Waals surface area contributed by atoms with Gasteiger partial charge in [-0.3, -0.25) is 0 Å². The smallest absolute Gasteiger partial charge is 0.0847 e. The zero-order valence-electron chi connectivity index (χ0n) is 11.8. The maximum Gasteiger partial charge on any atom is 0.0847 e. The van der Waals surface area contributed by atoms with E-state index >= 15 is 0 Å². The van der Waals surface area contributed by atoms with E-state index < -0.39 is 0 Å². The van der Waals surface area contributed by atoms with Gasteiger partial charge >= 0.3 is 0 Å². The van der Waals surface area contributed by atoms with Gasteiger partial charge in [0.05, 0.1) is 12.2 Å². The minimum atomic E-state index is 0.494. The minimum absolute atomic E-state index is 0.494. The monoisotopic (exact) mass is 310 g/mol. The summed E-state index contributed by atoms with van der Waals surface area (Å²) in [5.41, 5.74) is 4.19. The molecule has 0 amide bonds. The number of aryl methyl sites for hydroxylation is 2. The SMILES string of the molecule is CCC(CC1OC1CC)c1cc(C)c(C)cc1Br. The molecule has 1 aliphatic rings. The zero-order chi connectivity index (χ0) is 13.3. The summed E-state index contributed by atoms with van der Waals surface area (Å²) in [7, 11) is 0. The number of ether oxygens (including phenoxy) is 1. The van der Waals surface area contributed by atoms with Crippen LogP contribution in [0.25, 0.3) is 0 Å². The molecule has 2 heteroatoms. The standard InChI is InChI=1S/C16H23BrO/c1-5-12(9-16-15(6-2)18-16)13-7-10(3)11(4)8-14(13)17/h7-8,12,15-16H,5-6,9H2,1-4H3. The highest BCUT2D eigenvalue weighted by atomic mass is 79.9. The lowest BCUT2D eigenvalue weighted by atomic mass is 9.89. The van der Waals surface area contributed by atoms with Crippen LogP contribution >= 0.6 is 15.9 Å². The van der Waals surface area contributed by atoms with Crippen molar-refractivity contribution in [3.05, 3.63) is 33.3 Å². The van der Waals surface area contributed by atoms with Crippen LogP contribution in [0.3, 0.4) is 0 Å². The molecule has 1 aliphatic heterocycles. The first-order valence-electron chi connectivity index (χ1n) is 6.98. The van der Waals surface area contributed by atoms with E-state index in [1.165, 1.54) is 27.6 Å². The molecule has 0 spiro atoms. The van der Waals surface area contributed by atoms with Crippen molar-refractivity contribution in [3.8, 4) is 0 Å². The minimum Gasteiger partial charge on any atom is -0.370 e. The molecule has 1 saturated heterocycles. The third kappa shape index (κ3) is 2.97. The molecule has 0 aromatic heterocycles. The normalized spacial score (nSPS) is 24.1. The van der Waals surface area contributed by atoms with Crippen molar-refractivity contribution in [3.63, 3.8) is 0 Å². The second kappa shape index (κ2) is 5.75. The molecule has 3 unspecified atom stereocenters. The van der Waals surface area contributed by atoms with Crippen LogP contribution in [-0.2, 0) is 4.74 Å². The van der Waals surface area contributed by atoms with Crippen molar-refractivity contribution in [1.29, 1.82) is 0 Å². The molecule has 0 saturated carbocycles. The van der Waals surface area contributed by atoms with Gasteiger partial charge in [0.2, 0.25) is 0 Å². The predicted molar refractivity (Wildman–Crippen MR) is 80.2 cm³/mol. The van der Waals surface area contributed by atoms with Crippen LogP contribution in [-0.4, -0.2) is 12.2 Å². The number of epoxide rings is 1. The van der Waals surface area contributed by atoms with Gasteiger partial charge in [0.25, 0.3) is 0 Å². The summed E-state index contributed by atoms with van der Waals surface area (Å²) in [6.07, 6.45) is 4.50. The van der Waals surface area contributed by atoms with Crippen LogP contribution in [0.5, 0.6) is 0 Å². The Hall–Kier alpha value is -0.340. The molecule has 1 fully saturated rings. The first-order chi connectivity index (χ1) is 8.56. The quantitative estimate of drug-likeness (QED) is 0.687. The van der Waals surface area contributed by atoms with Gasteiger partial charge in [-0.2, -0.15) is 0 Å². The lowest BCUT2D eigenvalue weighted by Crippen LogP contribution is -2.05. The van der Waals surface area contributed by atoms with Crippen LogP contribution in [0.15, 0.2) is 16.6 Å². The third-order valence-electron chi connectivity index (χ3n) is 4.15. The molecule has 3 atom stereocenters. The van der Waals surface area contributed by atoms with E-state index in [0.717, 1.165) is 12.8 Å². The van der Waals surface area contributed by atoms with Crippen molar-refractivity contribution >= 4 is 15.9 Å². The van der Waals surface area contributed by atoms with Gasteiger partial charge in [-0.1, -0.05) is 35.8 Å². The maximum absolute atomic E-state index is 5.70. The summed E-state index contributed by atoms with van der Waals surface area (Å²) >= 11 is 3.72. The molecule has 1 aromatic carbocycles. The topological polar surface area (TPSA) is 12.5 Å². The molecule has 1 aromatic rings. The van der Waals surface area contributed by atoms with Gasteiger partial charge in [0.1, 0.15) is 0 Å². The third-order valence-corrected chi connectivity index (χ3v) is 4.84. The van der Waals surface area contributed by atoms with Crippen molar-refractivity contribution in [2.45, 2.75) is 65.1 Å². The van der Waals surface area contributed by atoms with E-state index in [4.69, 9.17) is 4.74 Å². The molecule has 0 radical (unpaired) electrons. The molecule has 1 heterocycles. The number of halogens is 1. The van der Waals surface area contributed by atoms with Crippen molar-refractivity contribution in [1.82, 2.24) is 0 Å². The summed E-state index contributed by atoms with van der Waals surface area (Å²) in [5.74, 6) is 0.611. The summed E-state index contributed by atoms with van der Waals surface area (Å²) < 4.78 is 6.95. The average Bonchev–Trinajstić information content (AvgIpc) is 3.09. The first-order valence-corrected chi connectivity index (χ1v) is 7.78. The van der Waals surface area contributed by atoms with Crippen LogP contribution in [0.2, 0.25) is 0 Å². The number of hydrogen-bond donors (Lipinski definition) is 0. The molecular formula is C16H23BrO. The lowest BCUT2D eigenvalue weighted by molar-refractivity contribution is 0.348. The van der Waals surface area contributed by atoms with Crippen molar-refractivity contribution < 1.29 is 4.74 Å². The molecule has 0 N–H and O–H groups in total. The second-order valence-electron chi connectivity index (χ2n) is 5.42. The van der Waals surface area contributed by atoms with E-state index in [0.29, 0.717) is 18.1 Å². The Morgan fingerprint density at radius 1 is 1.17 bits per heavy atom. The molecule has 2 rings (SSSR count). The Morgan fingerprint density at radius 2 is 1.83 bits per heavy atom. The van der Waals surface area contributed by atoms with Crippen LogP contribution in [0, 0.1) is 13.8 Å². The highest BCUT2D eigenvalue weighted by Gasteiger charge is 2.38. The number of rotatable bonds is 5. The van der Waals surface area contributed by atoms with Crippen LogP contribution < -0.4 is 0 Å². The van der Waals surface area contributed by atoms with E-state index in [1.807, 2.05) is 0 Å². The molecule has 18 heavy (non-hydrogen) atoms. The molecule has 1 nitrogen and oxygen atoms in total. The fourth-order valence-electron chi connectivity index (χ4n) is 2.66. The summed E-state index contributed by atoms with van der Waals surface area (Å²) in [5, 5.41) is 0. The van der Waals surface area contributed by atoms with E-state index in [9.17, 15) is 0 Å². The van der Waals surface area contributed by atoms with Crippen LogP contribution in [0.1, 0.15) is 55.7 Å². The predicted octanol–water partition coefficient (Wildman–Crippen LogP) is 5.13. The van der Waals surface area contributed by atoms with Gasteiger partial charge in [-0.05, 0) is 61.8 Å². The average molecular weight is 311 g/mol. The molecule has 0 aliphatic carbocycles. The molecule has 100 valence electrons. The fraction of sp³-hybridized carbons (Fsp3) is 0.625. The summed E-state index contributed by atoms with van der Waals surface area (Å²) in [6.45, 7) is 8.84. The summed E-state index contributed by atoms with van der Waals surface area (Å²) in [4.78, 5) is 0. The Kier molecular flexibility index (Phi) is 4.50. The number of benzene rings is 1. The second-order valence-corrected chi connectivity index (χ2v) is 6.27. The van der Waals surface area contributed by atoms with Crippen molar-refractivity contribution in [2.75, 3.05) is 0 Å². The van der Waals surface area contributed by atoms with E-state index in [-0.39, 0.29) is 0 Å². The maximum atomic E-state index is 5.70. The zero-order valence-corrected chi connectivity index (χ0v) is 13.4. The van der Waals surface area contributed by atoms with Crippen molar-refractivity contribution in [2.24, 2.45) is 0 Å². The first kappa shape index (κ1) is 14.1. The van der Waals surface area contributed by atoms with E-state index in [1.54, 1.807) is 0 Å². The number of hydrogen-bond acceptors (Lipinski definition) is 1.